The standard InChI is InChI=1S/C19H34O3Si/c1-7-17(15-22-23(5,6)19(2,3)4)13-20-16-21-14-18-11-9-8-10-12-18/h8-12,17H,7,13-16H2,1-6H3/t17-/m1/s1. The molecule has 4 heteroatoms. The van der Waals surface area contributed by atoms with E-state index in [2.05, 4.69) is 52.9 Å². The Labute approximate surface area is 143 Å². The van der Waals surface area contributed by atoms with Gasteiger partial charge in [-0.25, -0.2) is 0 Å². The Morgan fingerprint density at radius 3 is 2.22 bits per heavy atom. The van der Waals surface area contributed by atoms with Gasteiger partial charge in [0.2, 0.25) is 0 Å². The average molecular weight is 339 g/mol. The summed E-state index contributed by atoms with van der Waals surface area (Å²) in [5, 5.41) is 0.255. The normalized spacial score (nSPS) is 14.0. The Bertz CT molecular complexity index is 426. The highest BCUT2D eigenvalue weighted by Crippen LogP contribution is 2.36. The molecule has 0 N–H and O–H groups in total. The Morgan fingerprint density at radius 1 is 1.00 bits per heavy atom. The van der Waals surface area contributed by atoms with Gasteiger partial charge in [-0.2, -0.15) is 0 Å². The minimum Gasteiger partial charge on any atom is -0.416 e. The fourth-order valence-electron chi connectivity index (χ4n) is 1.83. The first-order valence-electron chi connectivity index (χ1n) is 8.59. The van der Waals surface area contributed by atoms with Crippen molar-refractivity contribution in [1.82, 2.24) is 0 Å². The van der Waals surface area contributed by atoms with Gasteiger partial charge < -0.3 is 13.9 Å². The SMILES string of the molecule is CC[C@H](COCOCc1ccccc1)CO[Si](C)(C)C(C)(C)C. The van der Waals surface area contributed by atoms with Crippen LogP contribution in [0.25, 0.3) is 0 Å². The topological polar surface area (TPSA) is 27.7 Å². The van der Waals surface area contributed by atoms with Crippen molar-refractivity contribution in [3.63, 3.8) is 0 Å². The lowest BCUT2D eigenvalue weighted by Crippen LogP contribution is -2.42. The summed E-state index contributed by atoms with van der Waals surface area (Å²) in [6.45, 7) is 16.0. The molecule has 0 bridgehead atoms. The Balaban J connectivity index is 2.21. The first-order chi connectivity index (χ1) is 10.8. The van der Waals surface area contributed by atoms with Crippen molar-refractivity contribution < 1.29 is 13.9 Å². The molecule has 0 aromatic heterocycles. The van der Waals surface area contributed by atoms with E-state index in [0.717, 1.165) is 13.0 Å². The zero-order chi connectivity index (χ0) is 17.3. The third kappa shape index (κ3) is 7.62. The van der Waals surface area contributed by atoms with Crippen molar-refractivity contribution in [2.75, 3.05) is 20.0 Å². The molecule has 1 rings (SSSR count). The molecule has 23 heavy (non-hydrogen) atoms. The van der Waals surface area contributed by atoms with Crippen LogP contribution in [0.1, 0.15) is 39.7 Å². The summed E-state index contributed by atoms with van der Waals surface area (Å²) < 4.78 is 17.5. The zero-order valence-electron chi connectivity index (χ0n) is 15.7. The van der Waals surface area contributed by atoms with E-state index in [1.165, 1.54) is 5.56 Å². The van der Waals surface area contributed by atoms with Crippen molar-refractivity contribution in [2.24, 2.45) is 5.92 Å². The Kier molecular flexibility index (Phi) is 8.48. The lowest BCUT2D eigenvalue weighted by atomic mass is 10.1. The molecule has 1 aromatic rings. The first kappa shape index (κ1) is 20.4. The maximum Gasteiger partial charge on any atom is 0.191 e. The molecule has 0 fully saturated rings. The highest BCUT2D eigenvalue weighted by molar-refractivity contribution is 6.74. The van der Waals surface area contributed by atoms with Crippen molar-refractivity contribution >= 4 is 8.32 Å². The van der Waals surface area contributed by atoms with Crippen LogP contribution in [0.3, 0.4) is 0 Å². The van der Waals surface area contributed by atoms with E-state index in [4.69, 9.17) is 13.9 Å². The number of ether oxygens (including phenoxy) is 2. The lowest BCUT2D eigenvalue weighted by Gasteiger charge is -2.37. The third-order valence-corrected chi connectivity index (χ3v) is 9.20. The highest BCUT2D eigenvalue weighted by Gasteiger charge is 2.37. The summed E-state index contributed by atoms with van der Waals surface area (Å²) in [6.07, 6.45) is 1.06. The van der Waals surface area contributed by atoms with E-state index in [9.17, 15) is 0 Å². The molecule has 0 aliphatic heterocycles. The van der Waals surface area contributed by atoms with Crippen LogP contribution in [0.2, 0.25) is 18.1 Å². The zero-order valence-corrected chi connectivity index (χ0v) is 16.7. The van der Waals surface area contributed by atoms with Crippen LogP contribution in [-0.4, -0.2) is 28.3 Å². The second kappa shape index (κ2) is 9.57. The molecule has 0 saturated carbocycles. The molecule has 0 amide bonds. The molecule has 3 nitrogen and oxygen atoms in total. The van der Waals surface area contributed by atoms with Gasteiger partial charge in [0.05, 0.1) is 13.2 Å². The van der Waals surface area contributed by atoms with Gasteiger partial charge in [-0.05, 0) is 30.1 Å². The van der Waals surface area contributed by atoms with E-state index in [-0.39, 0.29) is 5.04 Å². The fourth-order valence-corrected chi connectivity index (χ4v) is 2.92. The molecule has 0 radical (unpaired) electrons. The highest BCUT2D eigenvalue weighted by atomic mass is 28.4. The van der Waals surface area contributed by atoms with Gasteiger partial charge in [0.1, 0.15) is 6.79 Å². The van der Waals surface area contributed by atoms with Crippen LogP contribution in [0.15, 0.2) is 30.3 Å². The number of hydrogen-bond donors (Lipinski definition) is 0. The van der Waals surface area contributed by atoms with E-state index in [1.54, 1.807) is 0 Å². The third-order valence-electron chi connectivity index (χ3n) is 4.70. The van der Waals surface area contributed by atoms with Crippen molar-refractivity contribution in [3.8, 4) is 0 Å². The van der Waals surface area contributed by atoms with Gasteiger partial charge in [0.15, 0.2) is 8.32 Å². The van der Waals surface area contributed by atoms with Crippen LogP contribution < -0.4 is 0 Å². The molecule has 0 unspecified atom stereocenters. The van der Waals surface area contributed by atoms with Crippen LogP contribution in [0.4, 0.5) is 0 Å². The molecule has 0 heterocycles. The molecule has 132 valence electrons. The smallest absolute Gasteiger partial charge is 0.191 e. The van der Waals surface area contributed by atoms with Crippen molar-refractivity contribution in [1.29, 1.82) is 0 Å². The quantitative estimate of drug-likeness (QED) is 0.332. The lowest BCUT2D eigenvalue weighted by molar-refractivity contribution is -0.0754. The van der Waals surface area contributed by atoms with Gasteiger partial charge >= 0.3 is 0 Å². The Morgan fingerprint density at radius 2 is 1.65 bits per heavy atom. The summed E-state index contributed by atoms with van der Waals surface area (Å²) in [4.78, 5) is 0. The Hall–Kier alpha value is -0.683. The monoisotopic (exact) mass is 338 g/mol. The molecule has 1 aromatic carbocycles. The molecular weight excluding hydrogens is 304 g/mol. The first-order valence-corrected chi connectivity index (χ1v) is 11.5. The maximum atomic E-state index is 6.29. The minimum absolute atomic E-state index is 0.255. The molecule has 0 aliphatic carbocycles. The second-order valence-corrected chi connectivity index (χ2v) is 12.5. The van der Waals surface area contributed by atoms with E-state index >= 15 is 0 Å². The van der Waals surface area contributed by atoms with Gasteiger partial charge in [0.25, 0.3) is 0 Å². The van der Waals surface area contributed by atoms with E-state index < -0.39 is 8.32 Å². The largest absolute Gasteiger partial charge is 0.416 e. The van der Waals surface area contributed by atoms with Gasteiger partial charge in [-0.15, -0.1) is 0 Å². The van der Waals surface area contributed by atoms with Gasteiger partial charge in [-0.1, -0.05) is 58.0 Å². The van der Waals surface area contributed by atoms with E-state index in [1.807, 2.05) is 18.2 Å². The van der Waals surface area contributed by atoms with Crippen LogP contribution >= 0.6 is 0 Å². The molecule has 1 atom stereocenters. The summed E-state index contributed by atoms with van der Waals surface area (Å²) in [6, 6.07) is 10.2. The summed E-state index contributed by atoms with van der Waals surface area (Å²) in [7, 11) is -1.67. The maximum absolute atomic E-state index is 6.29. The van der Waals surface area contributed by atoms with Crippen LogP contribution in [0, 0.1) is 5.92 Å². The van der Waals surface area contributed by atoms with Crippen molar-refractivity contribution in [2.45, 2.75) is 58.9 Å². The average Bonchev–Trinajstić information content (AvgIpc) is 2.50. The molecule has 0 saturated heterocycles. The number of hydrogen-bond acceptors (Lipinski definition) is 3. The predicted octanol–water partition coefficient (Wildman–Crippen LogP) is 5.23. The van der Waals surface area contributed by atoms with Crippen molar-refractivity contribution in [3.05, 3.63) is 35.9 Å². The summed E-state index contributed by atoms with van der Waals surface area (Å²) in [5.74, 6) is 0.435. The predicted molar refractivity (Wildman–Crippen MR) is 99.0 cm³/mol. The molecule has 0 spiro atoms. The molecule has 0 aliphatic rings. The van der Waals surface area contributed by atoms with Crippen LogP contribution in [-0.2, 0) is 20.5 Å². The van der Waals surface area contributed by atoms with E-state index in [0.29, 0.717) is 25.9 Å². The number of rotatable bonds is 10. The summed E-state index contributed by atoms with van der Waals surface area (Å²) in [5.41, 5.74) is 1.17. The fraction of sp³-hybridized carbons (Fsp3) is 0.684. The molecular formula is C19H34O3Si. The number of benzene rings is 1. The van der Waals surface area contributed by atoms with Gasteiger partial charge in [-0.3, -0.25) is 0 Å². The van der Waals surface area contributed by atoms with Crippen LogP contribution in [0.5, 0.6) is 0 Å². The second-order valence-electron chi connectivity index (χ2n) is 7.67. The summed E-state index contributed by atoms with van der Waals surface area (Å²) >= 11 is 0. The minimum atomic E-state index is -1.67. The van der Waals surface area contributed by atoms with Gasteiger partial charge in [0, 0.05) is 12.5 Å².